The van der Waals surface area contributed by atoms with Crippen molar-refractivity contribution in [2.75, 3.05) is 6.54 Å². The maximum atomic E-state index is 12.7. The third-order valence-corrected chi connectivity index (χ3v) is 4.04. The van der Waals surface area contributed by atoms with Crippen molar-refractivity contribution in [3.05, 3.63) is 33.4 Å². The summed E-state index contributed by atoms with van der Waals surface area (Å²) in [6.07, 6.45) is -3.39. The van der Waals surface area contributed by atoms with Crippen molar-refractivity contribution in [3.8, 4) is 0 Å². The summed E-state index contributed by atoms with van der Waals surface area (Å²) in [6.45, 7) is 2.38. The molecule has 0 N–H and O–H groups in total. The van der Waals surface area contributed by atoms with E-state index in [9.17, 15) is 18.0 Å². The topological polar surface area (TPSA) is 20.3 Å². The summed E-state index contributed by atoms with van der Waals surface area (Å²) in [5.41, 5.74) is 0.323. The summed E-state index contributed by atoms with van der Waals surface area (Å²) in [5.74, 6) is -0.555. The van der Waals surface area contributed by atoms with Crippen LogP contribution < -0.4 is 0 Å². The van der Waals surface area contributed by atoms with Crippen LogP contribution in [0.5, 0.6) is 0 Å². The number of hydrogen-bond donors (Lipinski definition) is 0. The fourth-order valence-corrected chi connectivity index (χ4v) is 2.70. The van der Waals surface area contributed by atoms with E-state index in [0.29, 0.717) is 22.0 Å². The molecule has 0 spiro atoms. The van der Waals surface area contributed by atoms with Crippen LogP contribution in [0.1, 0.15) is 37.0 Å². The van der Waals surface area contributed by atoms with Gasteiger partial charge in [-0.15, -0.1) is 0 Å². The molecule has 0 fully saturated rings. The lowest BCUT2D eigenvalue weighted by atomic mass is 10.1. The van der Waals surface area contributed by atoms with Crippen LogP contribution in [-0.4, -0.2) is 29.6 Å². The standard InChI is InChI=1S/C14H17F3INO/c1-3-10(4-2)19(9-14(15,16)17)13(20)11-7-5-6-8-12(11)18/h5-8,10H,3-4,9H2,1-2H3. The minimum Gasteiger partial charge on any atom is -0.327 e. The molecule has 20 heavy (non-hydrogen) atoms. The van der Waals surface area contributed by atoms with Crippen molar-refractivity contribution in [3.63, 3.8) is 0 Å². The molecule has 1 amide bonds. The van der Waals surface area contributed by atoms with E-state index in [-0.39, 0.29) is 0 Å². The fourth-order valence-electron chi connectivity index (χ4n) is 2.08. The second-order valence-corrected chi connectivity index (χ2v) is 5.66. The first-order valence-electron chi connectivity index (χ1n) is 6.42. The zero-order valence-corrected chi connectivity index (χ0v) is 13.5. The molecule has 0 aliphatic heterocycles. The summed E-state index contributed by atoms with van der Waals surface area (Å²) < 4.78 is 38.8. The molecule has 1 aromatic carbocycles. The molecule has 1 rings (SSSR count). The smallest absolute Gasteiger partial charge is 0.327 e. The largest absolute Gasteiger partial charge is 0.406 e. The van der Waals surface area contributed by atoms with Crippen LogP contribution in [0.2, 0.25) is 0 Å². The van der Waals surface area contributed by atoms with Gasteiger partial charge in [-0.1, -0.05) is 26.0 Å². The van der Waals surface area contributed by atoms with Crippen molar-refractivity contribution in [2.24, 2.45) is 0 Å². The van der Waals surface area contributed by atoms with E-state index in [1.165, 1.54) is 0 Å². The van der Waals surface area contributed by atoms with Gasteiger partial charge in [0.2, 0.25) is 0 Å². The Morgan fingerprint density at radius 3 is 2.25 bits per heavy atom. The van der Waals surface area contributed by atoms with Gasteiger partial charge in [-0.3, -0.25) is 4.79 Å². The maximum Gasteiger partial charge on any atom is 0.406 e. The molecule has 0 bridgehead atoms. The Morgan fingerprint density at radius 1 is 1.25 bits per heavy atom. The minimum absolute atomic E-state index is 0.323. The number of carbonyl (C=O) groups excluding carboxylic acids is 1. The number of benzene rings is 1. The Labute approximate surface area is 130 Å². The van der Waals surface area contributed by atoms with Crippen molar-refractivity contribution < 1.29 is 18.0 Å². The zero-order chi connectivity index (χ0) is 15.3. The van der Waals surface area contributed by atoms with E-state index >= 15 is 0 Å². The zero-order valence-electron chi connectivity index (χ0n) is 11.4. The van der Waals surface area contributed by atoms with Crippen LogP contribution >= 0.6 is 22.6 Å². The van der Waals surface area contributed by atoms with Gasteiger partial charge in [0.25, 0.3) is 5.91 Å². The second-order valence-electron chi connectivity index (χ2n) is 4.50. The molecule has 0 saturated heterocycles. The molecule has 0 aliphatic rings. The molecule has 0 saturated carbocycles. The van der Waals surface area contributed by atoms with Crippen molar-refractivity contribution in [2.45, 2.75) is 38.9 Å². The van der Waals surface area contributed by atoms with E-state index in [0.717, 1.165) is 4.90 Å². The van der Waals surface area contributed by atoms with Gasteiger partial charge in [0, 0.05) is 9.61 Å². The monoisotopic (exact) mass is 399 g/mol. The number of alkyl halides is 3. The van der Waals surface area contributed by atoms with Crippen LogP contribution in [0.25, 0.3) is 0 Å². The molecule has 0 atom stereocenters. The molecule has 112 valence electrons. The van der Waals surface area contributed by atoms with Crippen LogP contribution in [0.4, 0.5) is 13.2 Å². The molecule has 0 aromatic heterocycles. The van der Waals surface area contributed by atoms with E-state index in [2.05, 4.69) is 0 Å². The summed E-state index contributed by atoms with van der Waals surface area (Å²) in [4.78, 5) is 13.4. The highest BCUT2D eigenvalue weighted by Crippen LogP contribution is 2.23. The first-order chi connectivity index (χ1) is 9.30. The first kappa shape index (κ1) is 17.3. The molecule has 2 nitrogen and oxygen atoms in total. The third-order valence-electron chi connectivity index (χ3n) is 3.10. The Hall–Kier alpha value is -0.790. The Morgan fingerprint density at radius 2 is 1.80 bits per heavy atom. The molecule has 1 aromatic rings. The Balaban J connectivity index is 3.10. The molecular weight excluding hydrogens is 382 g/mol. The number of nitrogens with zero attached hydrogens (tertiary/aromatic N) is 1. The van der Waals surface area contributed by atoms with E-state index in [1.54, 1.807) is 38.1 Å². The molecule has 6 heteroatoms. The fraction of sp³-hybridized carbons (Fsp3) is 0.500. The lowest BCUT2D eigenvalue weighted by Gasteiger charge is -2.31. The SMILES string of the molecule is CCC(CC)N(CC(F)(F)F)C(=O)c1ccccc1I. The highest BCUT2D eigenvalue weighted by molar-refractivity contribution is 14.1. The molecule has 0 unspecified atom stereocenters. The highest BCUT2D eigenvalue weighted by Gasteiger charge is 2.36. The molecule has 0 heterocycles. The summed E-state index contributed by atoms with van der Waals surface area (Å²) >= 11 is 1.97. The van der Waals surface area contributed by atoms with E-state index in [1.807, 2.05) is 22.6 Å². The number of rotatable bonds is 5. The average Bonchev–Trinajstić information content (AvgIpc) is 2.37. The van der Waals surface area contributed by atoms with Gasteiger partial charge in [0.15, 0.2) is 0 Å². The van der Waals surface area contributed by atoms with Crippen molar-refractivity contribution >= 4 is 28.5 Å². The van der Waals surface area contributed by atoms with Gasteiger partial charge in [0.1, 0.15) is 6.54 Å². The number of hydrogen-bond acceptors (Lipinski definition) is 1. The summed E-state index contributed by atoms with van der Waals surface area (Å²) in [6, 6.07) is 6.29. The predicted octanol–water partition coefficient (Wildman–Crippen LogP) is 4.48. The van der Waals surface area contributed by atoms with Gasteiger partial charge in [-0.2, -0.15) is 13.2 Å². The van der Waals surface area contributed by atoms with Crippen LogP contribution in [0.15, 0.2) is 24.3 Å². The van der Waals surface area contributed by atoms with Gasteiger partial charge >= 0.3 is 6.18 Å². The Kier molecular flexibility index (Phi) is 6.29. The van der Waals surface area contributed by atoms with Gasteiger partial charge in [0.05, 0.1) is 5.56 Å². The van der Waals surface area contributed by atoms with Crippen molar-refractivity contribution in [1.29, 1.82) is 0 Å². The molecule has 0 radical (unpaired) electrons. The predicted molar refractivity (Wildman–Crippen MR) is 80.6 cm³/mol. The summed E-state index contributed by atoms with van der Waals surface area (Å²) in [7, 11) is 0. The minimum atomic E-state index is -4.39. The van der Waals surface area contributed by atoms with Crippen molar-refractivity contribution in [1.82, 2.24) is 4.90 Å². The van der Waals surface area contributed by atoms with E-state index < -0.39 is 24.7 Å². The van der Waals surface area contributed by atoms with Gasteiger partial charge < -0.3 is 4.90 Å². The van der Waals surface area contributed by atoms with Gasteiger partial charge in [-0.05, 0) is 47.6 Å². The quantitative estimate of drug-likeness (QED) is 0.669. The average molecular weight is 399 g/mol. The van der Waals surface area contributed by atoms with Crippen LogP contribution in [0, 0.1) is 3.57 Å². The maximum absolute atomic E-state index is 12.7. The van der Waals surface area contributed by atoms with Crippen LogP contribution in [-0.2, 0) is 0 Å². The third kappa shape index (κ3) is 4.64. The Bertz CT molecular complexity index is 458. The molecular formula is C14H17F3INO. The highest BCUT2D eigenvalue weighted by atomic mass is 127. The normalized spacial score (nSPS) is 11.8. The lowest BCUT2D eigenvalue weighted by Crippen LogP contribution is -2.45. The lowest BCUT2D eigenvalue weighted by molar-refractivity contribution is -0.144. The van der Waals surface area contributed by atoms with Crippen LogP contribution in [0.3, 0.4) is 0 Å². The number of carbonyl (C=O) groups is 1. The number of amides is 1. The second kappa shape index (κ2) is 7.28. The first-order valence-corrected chi connectivity index (χ1v) is 7.50. The summed E-state index contributed by atoms with van der Waals surface area (Å²) in [5, 5.41) is 0. The van der Waals surface area contributed by atoms with Gasteiger partial charge in [-0.25, -0.2) is 0 Å². The number of halogens is 4. The van der Waals surface area contributed by atoms with E-state index in [4.69, 9.17) is 0 Å². The molecule has 0 aliphatic carbocycles.